The van der Waals surface area contributed by atoms with Crippen LogP contribution in [0.25, 0.3) is 22.5 Å². The van der Waals surface area contributed by atoms with Crippen LogP contribution in [0, 0.1) is 6.92 Å². The van der Waals surface area contributed by atoms with Crippen LogP contribution in [0.3, 0.4) is 0 Å². The molecule has 0 aliphatic rings. The maximum absolute atomic E-state index is 12.6. The van der Waals surface area contributed by atoms with Gasteiger partial charge in [0.15, 0.2) is 0 Å². The number of hydrogen-bond donors (Lipinski definition) is 2. The third-order valence-corrected chi connectivity index (χ3v) is 3.53. The second-order valence-electron chi connectivity index (χ2n) is 5.26. The van der Waals surface area contributed by atoms with Gasteiger partial charge in [-0.2, -0.15) is 18.3 Å². The van der Waals surface area contributed by atoms with Crippen LogP contribution in [0.5, 0.6) is 5.75 Å². The molecule has 0 aliphatic carbocycles. The number of phenols is 1. The number of H-pyrrole nitrogens is 1. The lowest BCUT2D eigenvalue weighted by Gasteiger charge is -2.06. The molecule has 0 radical (unpaired) electrons. The Morgan fingerprint density at radius 3 is 2.35 bits per heavy atom. The summed E-state index contributed by atoms with van der Waals surface area (Å²) < 4.78 is 37.7. The lowest BCUT2D eigenvalue weighted by molar-refractivity contribution is -0.137. The highest BCUT2D eigenvalue weighted by molar-refractivity contribution is 5.72. The number of rotatable bonds is 2. The summed E-state index contributed by atoms with van der Waals surface area (Å²) >= 11 is 0. The number of nitrogens with zero attached hydrogens (tertiary/aromatic N) is 1. The third-order valence-electron chi connectivity index (χ3n) is 3.53. The molecule has 0 saturated carbocycles. The molecule has 0 saturated heterocycles. The minimum Gasteiger partial charge on any atom is -0.507 e. The lowest BCUT2D eigenvalue weighted by Crippen LogP contribution is -2.03. The smallest absolute Gasteiger partial charge is 0.416 e. The standard InChI is InChI=1S/C17H13F3N2O/c1-10-2-7-16(23)13(8-10)15-9-14(21-22-15)11-3-5-12(6-4-11)17(18,19)20/h2-9,23H,1H3,(H,21,22). The maximum atomic E-state index is 12.6. The molecule has 118 valence electrons. The molecule has 0 unspecified atom stereocenters. The number of hydrogen-bond acceptors (Lipinski definition) is 2. The molecule has 0 amide bonds. The Kier molecular flexibility index (Phi) is 3.60. The van der Waals surface area contributed by atoms with E-state index >= 15 is 0 Å². The quantitative estimate of drug-likeness (QED) is 0.714. The summed E-state index contributed by atoms with van der Waals surface area (Å²) in [5.74, 6) is 0.0982. The lowest BCUT2D eigenvalue weighted by atomic mass is 10.1. The van der Waals surface area contributed by atoms with Crippen molar-refractivity contribution in [3.8, 4) is 28.3 Å². The first kappa shape index (κ1) is 15.1. The molecule has 0 spiro atoms. The van der Waals surface area contributed by atoms with Gasteiger partial charge in [-0.15, -0.1) is 0 Å². The molecule has 0 atom stereocenters. The number of phenolic OH excluding ortho intramolecular Hbond substituents is 1. The van der Waals surface area contributed by atoms with Crippen LogP contribution < -0.4 is 0 Å². The predicted molar refractivity (Wildman–Crippen MR) is 80.9 cm³/mol. The zero-order chi connectivity index (χ0) is 16.6. The van der Waals surface area contributed by atoms with Gasteiger partial charge in [0.1, 0.15) is 5.75 Å². The molecule has 23 heavy (non-hydrogen) atoms. The molecule has 3 rings (SSSR count). The Labute approximate surface area is 130 Å². The molecule has 0 aliphatic heterocycles. The SMILES string of the molecule is Cc1ccc(O)c(-c2cc(-c3ccc(C(F)(F)F)cc3)[nH]n2)c1. The van der Waals surface area contributed by atoms with E-state index in [4.69, 9.17) is 0 Å². The maximum Gasteiger partial charge on any atom is 0.416 e. The second-order valence-corrected chi connectivity index (χ2v) is 5.26. The molecule has 6 heteroatoms. The minimum atomic E-state index is -4.36. The molecule has 0 fully saturated rings. The van der Waals surface area contributed by atoms with E-state index in [1.807, 2.05) is 6.92 Å². The molecule has 1 aromatic heterocycles. The van der Waals surface area contributed by atoms with Gasteiger partial charge < -0.3 is 5.11 Å². The normalized spacial score (nSPS) is 11.7. The summed E-state index contributed by atoms with van der Waals surface area (Å²) in [7, 11) is 0. The first-order valence-corrected chi connectivity index (χ1v) is 6.87. The van der Waals surface area contributed by atoms with Gasteiger partial charge in [0.05, 0.1) is 17.0 Å². The van der Waals surface area contributed by atoms with Crippen molar-refractivity contribution in [2.75, 3.05) is 0 Å². The largest absolute Gasteiger partial charge is 0.507 e. The highest BCUT2D eigenvalue weighted by Gasteiger charge is 2.30. The van der Waals surface area contributed by atoms with Crippen LogP contribution >= 0.6 is 0 Å². The Hall–Kier alpha value is -2.76. The number of aromatic hydroxyl groups is 1. The zero-order valence-electron chi connectivity index (χ0n) is 12.1. The van der Waals surface area contributed by atoms with Crippen LogP contribution in [0.15, 0.2) is 48.5 Å². The van der Waals surface area contributed by atoms with Crippen LogP contribution in [-0.4, -0.2) is 15.3 Å². The van der Waals surface area contributed by atoms with Gasteiger partial charge >= 0.3 is 6.18 Å². The highest BCUT2D eigenvalue weighted by atomic mass is 19.4. The van der Waals surface area contributed by atoms with Crippen molar-refractivity contribution in [1.82, 2.24) is 10.2 Å². The Bertz CT molecular complexity index is 836. The molecule has 1 heterocycles. The molecule has 3 nitrogen and oxygen atoms in total. The van der Waals surface area contributed by atoms with Crippen molar-refractivity contribution in [3.63, 3.8) is 0 Å². The number of aromatic nitrogens is 2. The third kappa shape index (κ3) is 3.06. The van der Waals surface area contributed by atoms with Gasteiger partial charge in [-0.05, 0) is 42.8 Å². The number of aromatic amines is 1. The van der Waals surface area contributed by atoms with Crippen LogP contribution in [0.4, 0.5) is 13.2 Å². The summed E-state index contributed by atoms with van der Waals surface area (Å²) in [6.45, 7) is 1.90. The van der Waals surface area contributed by atoms with E-state index in [2.05, 4.69) is 10.2 Å². The van der Waals surface area contributed by atoms with Crippen molar-refractivity contribution in [3.05, 3.63) is 59.7 Å². The number of benzene rings is 2. The van der Waals surface area contributed by atoms with Gasteiger partial charge in [0, 0.05) is 5.56 Å². The van der Waals surface area contributed by atoms with Crippen LogP contribution in [0.1, 0.15) is 11.1 Å². The van der Waals surface area contributed by atoms with Crippen molar-refractivity contribution >= 4 is 0 Å². The predicted octanol–water partition coefficient (Wildman–Crippen LogP) is 4.78. The van der Waals surface area contributed by atoms with Crippen molar-refractivity contribution < 1.29 is 18.3 Å². The highest BCUT2D eigenvalue weighted by Crippen LogP contribution is 2.33. The summed E-state index contributed by atoms with van der Waals surface area (Å²) in [6, 6.07) is 11.7. The summed E-state index contributed by atoms with van der Waals surface area (Å²) in [5, 5.41) is 16.8. The Balaban J connectivity index is 1.94. The number of nitrogens with one attached hydrogen (secondary N) is 1. The molecular weight excluding hydrogens is 305 g/mol. The van der Waals surface area contributed by atoms with Gasteiger partial charge in [-0.3, -0.25) is 5.10 Å². The Morgan fingerprint density at radius 1 is 1.00 bits per heavy atom. The van der Waals surface area contributed by atoms with Crippen LogP contribution in [-0.2, 0) is 6.18 Å². The average molecular weight is 318 g/mol. The van der Waals surface area contributed by atoms with E-state index < -0.39 is 11.7 Å². The Morgan fingerprint density at radius 2 is 1.70 bits per heavy atom. The summed E-state index contributed by atoms with van der Waals surface area (Å²) in [4.78, 5) is 0. The number of halogens is 3. The van der Waals surface area contributed by atoms with E-state index in [-0.39, 0.29) is 5.75 Å². The van der Waals surface area contributed by atoms with E-state index in [9.17, 15) is 18.3 Å². The average Bonchev–Trinajstić information content (AvgIpc) is 2.99. The first-order valence-electron chi connectivity index (χ1n) is 6.87. The van der Waals surface area contributed by atoms with E-state index in [1.165, 1.54) is 12.1 Å². The number of aryl methyl sites for hydroxylation is 1. The van der Waals surface area contributed by atoms with Crippen LogP contribution in [0.2, 0.25) is 0 Å². The second kappa shape index (κ2) is 5.46. The van der Waals surface area contributed by atoms with Gasteiger partial charge in [0.2, 0.25) is 0 Å². The number of alkyl halides is 3. The zero-order valence-corrected chi connectivity index (χ0v) is 12.1. The van der Waals surface area contributed by atoms with Crippen molar-refractivity contribution in [2.24, 2.45) is 0 Å². The molecule has 2 N–H and O–H groups in total. The van der Waals surface area contributed by atoms with Crippen molar-refractivity contribution in [1.29, 1.82) is 0 Å². The van der Waals surface area contributed by atoms with E-state index in [0.717, 1.165) is 17.7 Å². The monoisotopic (exact) mass is 318 g/mol. The molecular formula is C17H13F3N2O. The molecule has 2 aromatic carbocycles. The van der Waals surface area contributed by atoms with Crippen molar-refractivity contribution in [2.45, 2.75) is 13.1 Å². The summed E-state index contributed by atoms with van der Waals surface area (Å²) in [5.41, 5.74) is 2.54. The van der Waals surface area contributed by atoms with E-state index in [0.29, 0.717) is 22.5 Å². The molecule has 3 aromatic rings. The van der Waals surface area contributed by atoms with E-state index in [1.54, 1.807) is 24.3 Å². The fourth-order valence-electron chi connectivity index (χ4n) is 2.30. The first-order chi connectivity index (χ1) is 10.8. The topological polar surface area (TPSA) is 48.9 Å². The fourth-order valence-corrected chi connectivity index (χ4v) is 2.30. The molecule has 0 bridgehead atoms. The summed E-state index contributed by atoms with van der Waals surface area (Å²) in [6.07, 6.45) is -4.36. The minimum absolute atomic E-state index is 0.0982. The van der Waals surface area contributed by atoms with Gasteiger partial charge in [0.25, 0.3) is 0 Å². The fraction of sp³-hybridized carbons (Fsp3) is 0.118. The van der Waals surface area contributed by atoms with Gasteiger partial charge in [-0.25, -0.2) is 0 Å². The van der Waals surface area contributed by atoms with Gasteiger partial charge in [-0.1, -0.05) is 23.8 Å².